The van der Waals surface area contributed by atoms with Gasteiger partial charge in [0.1, 0.15) is 6.10 Å². The van der Waals surface area contributed by atoms with Gasteiger partial charge in [-0.05, 0) is 80.3 Å². The number of amides is 1. The summed E-state index contributed by atoms with van der Waals surface area (Å²) in [7, 11) is 3.39. The number of nitrogens with zero attached hydrogens (tertiary/aromatic N) is 3. The first-order valence-electron chi connectivity index (χ1n) is 13.8. The van der Waals surface area contributed by atoms with Crippen molar-refractivity contribution in [1.82, 2.24) is 14.8 Å². The van der Waals surface area contributed by atoms with Gasteiger partial charge in [-0.2, -0.15) is 0 Å². The van der Waals surface area contributed by atoms with Crippen molar-refractivity contribution in [2.24, 2.45) is 5.92 Å². The number of phenols is 1. The van der Waals surface area contributed by atoms with Crippen LogP contribution in [0.4, 0.5) is 0 Å². The molecule has 0 unspecified atom stereocenters. The lowest BCUT2D eigenvalue weighted by atomic mass is 9.48. The SMILES string of the molecule is COc1ccc(C=CC(=O)N(C)[C@@H]2CC[C@@]3(O)[C@H]4Cc5ccc(O)c6c5[C@@]3(CCN4CC3CC3)[C@H]2O6)cn1. The van der Waals surface area contributed by atoms with Crippen LogP contribution >= 0.6 is 0 Å². The van der Waals surface area contributed by atoms with Gasteiger partial charge in [0.2, 0.25) is 11.8 Å². The number of methoxy groups -OCH3 is 1. The van der Waals surface area contributed by atoms with Crippen molar-refractivity contribution in [3.63, 3.8) is 0 Å². The molecular weight excluding hydrogens is 482 g/mol. The molecule has 1 aromatic heterocycles. The maximum atomic E-state index is 13.4. The zero-order valence-corrected chi connectivity index (χ0v) is 22.0. The Morgan fingerprint density at radius 1 is 1.26 bits per heavy atom. The van der Waals surface area contributed by atoms with Crippen LogP contribution in [0.2, 0.25) is 0 Å². The summed E-state index contributed by atoms with van der Waals surface area (Å²) in [6.07, 6.45) is 9.89. The number of hydrogen-bond donors (Lipinski definition) is 2. The number of aliphatic hydroxyl groups is 1. The molecule has 3 heterocycles. The normalized spacial score (nSPS) is 33.1. The number of carbonyl (C=O) groups is 1. The number of ether oxygens (including phenoxy) is 2. The van der Waals surface area contributed by atoms with E-state index in [1.54, 1.807) is 42.5 Å². The van der Waals surface area contributed by atoms with E-state index in [2.05, 4.69) is 9.88 Å². The van der Waals surface area contributed by atoms with Gasteiger partial charge in [0.15, 0.2) is 11.5 Å². The third-order valence-electron chi connectivity index (χ3n) is 9.96. The first kappa shape index (κ1) is 24.0. The summed E-state index contributed by atoms with van der Waals surface area (Å²) in [6.45, 7) is 1.94. The zero-order chi connectivity index (χ0) is 26.2. The van der Waals surface area contributed by atoms with Gasteiger partial charge in [0, 0.05) is 43.5 Å². The summed E-state index contributed by atoms with van der Waals surface area (Å²) in [5, 5.41) is 23.4. The Hall–Kier alpha value is -3.10. The van der Waals surface area contributed by atoms with Crippen LogP contribution in [0, 0.1) is 5.92 Å². The molecular formula is C30H35N3O5. The van der Waals surface area contributed by atoms with E-state index in [9.17, 15) is 15.0 Å². The highest BCUT2D eigenvalue weighted by Crippen LogP contribution is 2.66. The molecule has 0 radical (unpaired) electrons. The standard InChI is InChI=1S/C30H35N3O5/c1-32(25(35)10-6-18-5-9-24(37-2)31-16-18)21-11-12-30(36)23-15-20-7-8-22(34)27-26(20)29(30,28(21)38-27)13-14-33(23)17-19-3-4-19/h5-10,16,19,21,23,28,34,36H,3-4,11-15,17H2,1-2H3/t21-,23-,28+,29+,30-/m1/s1. The van der Waals surface area contributed by atoms with Gasteiger partial charge in [0.05, 0.1) is 24.2 Å². The topological polar surface area (TPSA) is 95.4 Å². The minimum atomic E-state index is -0.957. The van der Waals surface area contributed by atoms with Crippen LogP contribution in [-0.4, -0.2) is 81.9 Å². The largest absolute Gasteiger partial charge is 0.504 e. The van der Waals surface area contributed by atoms with Gasteiger partial charge in [-0.1, -0.05) is 6.07 Å². The molecule has 8 nitrogen and oxygen atoms in total. The predicted molar refractivity (Wildman–Crippen MR) is 141 cm³/mol. The zero-order valence-electron chi connectivity index (χ0n) is 22.0. The molecule has 1 aromatic carbocycles. The van der Waals surface area contributed by atoms with Crippen molar-refractivity contribution < 1.29 is 24.5 Å². The van der Waals surface area contributed by atoms with Gasteiger partial charge in [-0.25, -0.2) is 4.98 Å². The number of benzene rings is 1. The summed E-state index contributed by atoms with van der Waals surface area (Å²) >= 11 is 0. The maximum Gasteiger partial charge on any atom is 0.246 e. The molecule has 2 bridgehead atoms. The molecule has 1 amide bonds. The van der Waals surface area contributed by atoms with Gasteiger partial charge in [-0.15, -0.1) is 0 Å². The second-order valence-corrected chi connectivity index (χ2v) is 11.8. The van der Waals surface area contributed by atoms with Crippen molar-refractivity contribution >= 4 is 12.0 Å². The number of aromatic nitrogens is 1. The lowest BCUT2D eigenvalue weighted by molar-refractivity contribution is -0.200. The Kier molecular flexibility index (Phi) is 5.33. The van der Waals surface area contributed by atoms with E-state index in [0.717, 1.165) is 48.5 Å². The minimum absolute atomic E-state index is 0.0235. The number of carbonyl (C=O) groups excluding carboxylic acids is 1. The summed E-state index contributed by atoms with van der Waals surface area (Å²) in [5.41, 5.74) is 1.36. The second kappa shape index (κ2) is 8.45. The Morgan fingerprint density at radius 2 is 2.11 bits per heavy atom. The number of pyridine rings is 1. The highest BCUT2D eigenvalue weighted by Gasteiger charge is 2.73. The van der Waals surface area contributed by atoms with E-state index in [1.165, 1.54) is 12.8 Å². The highest BCUT2D eigenvalue weighted by molar-refractivity contribution is 5.92. The summed E-state index contributed by atoms with van der Waals surface area (Å²) in [5.74, 6) is 1.76. The monoisotopic (exact) mass is 517 g/mol. The number of rotatable bonds is 6. The molecule has 3 aliphatic carbocycles. The summed E-state index contributed by atoms with van der Waals surface area (Å²) in [4.78, 5) is 21.9. The number of hydrogen-bond acceptors (Lipinski definition) is 7. The molecule has 2 N–H and O–H groups in total. The lowest BCUT2D eigenvalue weighted by Gasteiger charge is -2.64. The quantitative estimate of drug-likeness (QED) is 0.569. The van der Waals surface area contributed by atoms with Gasteiger partial charge >= 0.3 is 0 Å². The van der Waals surface area contributed by atoms with E-state index in [-0.39, 0.29) is 23.7 Å². The fourth-order valence-corrected chi connectivity index (χ4v) is 7.91. The van der Waals surface area contributed by atoms with Gasteiger partial charge in [0.25, 0.3) is 0 Å². The fourth-order valence-electron chi connectivity index (χ4n) is 7.91. The van der Waals surface area contributed by atoms with Gasteiger partial charge < -0.3 is 24.6 Å². The first-order chi connectivity index (χ1) is 18.4. The van der Waals surface area contributed by atoms with E-state index in [1.807, 2.05) is 19.2 Å². The van der Waals surface area contributed by atoms with E-state index >= 15 is 0 Å². The molecule has 1 spiro atoms. The molecule has 5 aliphatic rings. The smallest absolute Gasteiger partial charge is 0.246 e. The van der Waals surface area contributed by atoms with Crippen molar-refractivity contribution in [2.45, 2.75) is 67.7 Å². The third kappa shape index (κ3) is 3.29. The molecule has 2 aliphatic heterocycles. The second-order valence-electron chi connectivity index (χ2n) is 11.8. The fraction of sp³-hybridized carbons (Fsp3) is 0.533. The van der Waals surface area contributed by atoms with E-state index in [4.69, 9.17) is 9.47 Å². The number of phenolic OH excluding ortho intramolecular Hbond substituents is 1. The third-order valence-corrected chi connectivity index (χ3v) is 9.96. The van der Waals surface area contributed by atoms with Crippen LogP contribution in [0.15, 0.2) is 36.5 Å². The van der Waals surface area contributed by atoms with E-state index < -0.39 is 17.1 Å². The Morgan fingerprint density at radius 3 is 2.84 bits per heavy atom. The van der Waals surface area contributed by atoms with Crippen molar-refractivity contribution in [3.8, 4) is 17.4 Å². The molecule has 2 saturated carbocycles. The van der Waals surface area contributed by atoms with Crippen LogP contribution in [-0.2, 0) is 16.6 Å². The van der Waals surface area contributed by atoms with Crippen LogP contribution in [0.25, 0.3) is 6.08 Å². The molecule has 1 saturated heterocycles. The molecule has 7 rings (SSSR count). The average Bonchev–Trinajstić information content (AvgIpc) is 3.67. The van der Waals surface area contributed by atoms with E-state index in [0.29, 0.717) is 24.5 Å². The summed E-state index contributed by atoms with van der Waals surface area (Å²) < 4.78 is 11.7. The molecule has 200 valence electrons. The van der Waals surface area contributed by atoms with Crippen LogP contribution in [0.3, 0.4) is 0 Å². The minimum Gasteiger partial charge on any atom is -0.504 e. The molecule has 2 aromatic rings. The molecule has 38 heavy (non-hydrogen) atoms. The number of likely N-dealkylation sites (tertiary alicyclic amines) is 1. The molecule has 5 atom stereocenters. The van der Waals surface area contributed by atoms with Crippen molar-refractivity contribution in [2.75, 3.05) is 27.2 Å². The molecule has 8 heteroatoms. The van der Waals surface area contributed by atoms with Crippen molar-refractivity contribution in [3.05, 3.63) is 53.2 Å². The average molecular weight is 518 g/mol. The van der Waals surface area contributed by atoms with Crippen LogP contribution in [0.1, 0.15) is 48.8 Å². The van der Waals surface area contributed by atoms with Crippen molar-refractivity contribution in [1.29, 1.82) is 0 Å². The lowest BCUT2D eigenvalue weighted by Crippen LogP contribution is -2.78. The van der Waals surface area contributed by atoms with Crippen LogP contribution in [0.5, 0.6) is 17.4 Å². The Bertz CT molecular complexity index is 1310. The number of piperidine rings is 1. The highest BCUT2D eigenvalue weighted by atomic mass is 16.5. The number of likely N-dealkylation sites (N-methyl/N-ethyl adjacent to an activating group) is 1. The number of aromatic hydroxyl groups is 1. The first-order valence-corrected chi connectivity index (χ1v) is 13.8. The van der Waals surface area contributed by atoms with Crippen LogP contribution < -0.4 is 9.47 Å². The Labute approximate surface area is 222 Å². The Balaban J connectivity index is 1.22. The molecule has 3 fully saturated rings. The summed E-state index contributed by atoms with van der Waals surface area (Å²) in [6, 6.07) is 7.15. The maximum absolute atomic E-state index is 13.4. The van der Waals surface area contributed by atoms with Gasteiger partial charge in [-0.3, -0.25) is 9.69 Å². The predicted octanol–water partition coefficient (Wildman–Crippen LogP) is 2.90.